The molecule has 0 saturated heterocycles. The first kappa shape index (κ1) is 23.1. The summed E-state index contributed by atoms with van der Waals surface area (Å²) < 4.78 is 84.9. The summed E-state index contributed by atoms with van der Waals surface area (Å²) in [5.74, 6) is -0.0436. The van der Waals surface area contributed by atoms with Gasteiger partial charge >= 0.3 is 12.4 Å². The van der Waals surface area contributed by atoms with Crippen LogP contribution >= 0.6 is 0 Å². The topological polar surface area (TPSA) is 73.0 Å². The third-order valence-corrected chi connectivity index (χ3v) is 4.77. The number of alkyl halides is 6. The Morgan fingerprint density at radius 2 is 1.79 bits per heavy atom. The van der Waals surface area contributed by atoms with Crippen LogP contribution in [0, 0.1) is 0 Å². The third-order valence-electron chi connectivity index (χ3n) is 4.77. The Labute approximate surface area is 187 Å². The lowest BCUT2D eigenvalue weighted by Crippen LogP contribution is -2.15. The zero-order valence-electron chi connectivity index (χ0n) is 17.0. The molecule has 34 heavy (non-hydrogen) atoms. The van der Waals surface area contributed by atoms with Crippen molar-refractivity contribution in [2.75, 3.05) is 5.32 Å². The second-order valence-corrected chi connectivity index (χ2v) is 7.19. The highest BCUT2D eigenvalue weighted by Gasteiger charge is 2.38. The lowest BCUT2D eigenvalue weighted by molar-refractivity contribution is -0.143. The molecule has 0 radical (unpaired) electrons. The van der Waals surface area contributed by atoms with Crippen molar-refractivity contribution in [2.24, 2.45) is 0 Å². The number of pyridine rings is 1. The molecule has 0 aliphatic rings. The highest BCUT2D eigenvalue weighted by atomic mass is 19.4. The highest BCUT2D eigenvalue weighted by molar-refractivity contribution is 6.04. The number of hydrogen-bond donors (Lipinski definition) is 1. The second-order valence-electron chi connectivity index (χ2n) is 7.19. The molecule has 0 aliphatic heterocycles. The summed E-state index contributed by atoms with van der Waals surface area (Å²) in [5.41, 5.74) is -2.28. The van der Waals surface area contributed by atoms with Gasteiger partial charge in [0.15, 0.2) is 0 Å². The van der Waals surface area contributed by atoms with Crippen LogP contribution in [0.15, 0.2) is 71.9 Å². The molecular weight excluding hydrogens is 466 g/mol. The average molecular weight is 480 g/mol. The van der Waals surface area contributed by atoms with Gasteiger partial charge in [-0.3, -0.25) is 14.5 Å². The van der Waals surface area contributed by atoms with Gasteiger partial charge < -0.3 is 9.73 Å². The van der Waals surface area contributed by atoms with E-state index in [9.17, 15) is 31.1 Å². The Bertz CT molecular complexity index is 1310. The van der Waals surface area contributed by atoms with E-state index in [-0.39, 0.29) is 17.3 Å². The standard InChI is InChI=1S/C22H14F6N4O2/c23-21(24,25)16-4-3-13(18(7-16)22(26,27)28)11-32-12-17(10-30-32)31-20(33)15-6-14(8-29-9-15)19-2-1-5-34-19/h1-10,12H,11H2,(H,31,33). The average Bonchev–Trinajstić information content (AvgIpc) is 3.45. The molecule has 0 unspecified atom stereocenters. The van der Waals surface area contributed by atoms with Crippen molar-refractivity contribution in [2.45, 2.75) is 18.9 Å². The zero-order chi connectivity index (χ0) is 24.5. The van der Waals surface area contributed by atoms with E-state index in [1.165, 1.54) is 31.1 Å². The predicted molar refractivity (Wildman–Crippen MR) is 108 cm³/mol. The summed E-state index contributed by atoms with van der Waals surface area (Å²) >= 11 is 0. The Balaban J connectivity index is 1.51. The van der Waals surface area contributed by atoms with E-state index in [2.05, 4.69) is 15.4 Å². The van der Waals surface area contributed by atoms with Gasteiger partial charge in [0.1, 0.15) is 5.76 Å². The van der Waals surface area contributed by atoms with E-state index in [0.29, 0.717) is 17.4 Å². The molecule has 12 heteroatoms. The number of halogens is 6. The van der Waals surface area contributed by atoms with E-state index >= 15 is 0 Å². The van der Waals surface area contributed by atoms with Gasteiger partial charge in [0.2, 0.25) is 0 Å². The molecule has 0 spiro atoms. The molecule has 0 bridgehead atoms. The summed E-state index contributed by atoms with van der Waals surface area (Å²) in [4.78, 5) is 16.5. The molecule has 3 heterocycles. The molecule has 0 aliphatic carbocycles. The molecule has 1 amide bonds. The number of carbonyl (C=O) groups is 1. The van der Waals surface area contributed by atoms with Gasteiger partial charge in [-0.25, -0.2) is 0 Å². The van der Waals surface area contributed by atoms with Crippen molar-refractivity contribution in [3.05, 3.63) is 89.7 Å². The minimum absolute atomic E-state index is 0.0700. The largest absolute Gasteiger partial charge is 0.464 e. The lowest BCUT2D eigenvalue weighted by atomic mass is 10.0. The van der Waals surface area contributed by atoms with E-state index < -0.39 is 41.5 Å². The van der Waals surface area contributed by atoms with Gasteiger partial charge in [-0.05, 0) is 35.9 Å². The van der Waals surface area contributed by atoms with E-state index in [4.69, 9.17) is 4.42 Å². The van der Waals surface area contributed by atoms with Crippen LogP contribution in [0.1, 0.15) is 27.0 Å². The predicted octanol–water partition coefficient (Wildman–Crippen LogP) is 5.88. The number of aromatic nitrogens is 3. The minimum Gasteiger partial charge on any atom is -0.464 e. The maximum Gasteiger partial charge on any atom is 0.416 e. The number of rotatable bonds is 5. The van der Waals surface area contributed by atoms with E-state index in [0.717, 1.165) is 10.7 Å². The first-order valence-corrected chi connectivity index (χ1v) is 9.61. The van der Waals surface area contributed by atoms with E-state index in [1.807, 2.05) is 0 Å². The molecule has 4 rings (SSSR count). The van der Waals surface area contributed by atoms with Crippen LogP contribution in [-0.2, 0) is 18.9 Å². The van der Waals surface area contributed by atoms with Crippen LogP contribution in [0.5, 0.6) is 0 Å². The summed E-state index contributed by atoms with van der Waals surface area (Å²) in [6.45, 7) is -0.460. The van der Waals surface area contributed by atoms with Crippen molar-refractivity contribution in [1.82, 2.24) is 14.8 Å². The fraction of sp³-hybridized carbons (Fsp3) is 0.136. The first-order chi connectivity index (χ1) is 16.0. The Hall–Kier alpha value is -4.09. The van der Waals surface area contributed by atoms with Gasteiger partial charge in [-0.2, -0.15) is 31.4 Å². The number of hydrogen-bond acceptors (Lipinski definition) is 4. The summed E-state index contributed by atoms with van der Waals surface area (Å²) in [7, 11) is 0. The van der Waals surface area contributed by atoms with Crippen LogP contribution in [0.4, 0.5) is 32.0 Å². The molecule has 1 aromatic carbocycles. The number of carbonyl (C=O) groups excluding carboxylic acids is 1. The van der Waals surface area contributed by atoms with Crippen molar-refractivity contribution in [1.29, 1.82) is 0 Å². The minimum atomic E-state index is -4.99. The molecule has 0 saturated carbocycles. The van der Waals surface area contributed by atoms with Gasteiger partial charge in [-0.15, -0.1) is 0 Å². The van der Waals surface area contributed by atoms with Crippen LogP contribution < -0.4 is 5.32 Å². The summed E-state index contributed by atoms with van der Waals surface area (Å²) in [5, 5.41) is 6.44. The molecular formula is C22H14F6N4O2. The van der Waals surface area contributed by atoms with Crippen LogP contribution in [0.2, 0.25) is 0 Å². The zero-order valence-corrected chi connectivity index (χ0v) is 17.0. The molecule has 6 nitrogen and oxygen atoms in total. The monoisotopic (exact) mass is 480 g/mol. The van der Waals surface area contributed by atoms with Gasteiger partial charge in [0.25, 0.3) is 5.91 Å². The van der Waals surface area contributed by atoms with Crippen molar-refractivity contribution < 1.29 is 35.6 Å². The quantitative estimate of drug-likeness (QED) is 0.363. The van der Waals surface area contributed by atoms with Gasteiger partial charge in [0, 0.05) is 24.2 Å². The maximum absolute atomic E-state index is 13.4. The molecule has 0 fully saturated rings. The first-order valence-electron chi connectivity index (χ1n) is 9.61. The molecule has 1 N–H and O–H groups in total. The van der Waals surface area contributed by atoms with Crippen molar-refractivity contribution in [3.63, 3.8) is 0 Å². The van der Waals surface area contributed by atoms with Crippen LogP contribution in [0.25, 0.3) is 11.3 Å². The fourth-order valence-corrected chi connectivity index (χ4v) is 3.19. The number of nitrogens with zero attached hydrogens (tertiary/aromatic N) is 3. The SMILES string of the molecule is O=C(Nc1cnn(Cc2ccc(C(F)(F)F)cc2C(F)(F)F)c1)c1cncc(-c2ccco2)c1. The second kappa shape index (κ2) is 8.69. The Morgan fingerprint density at radius 3 is 2.47 bits per heavy atom. The highest BCUT2D eigenvalue weighted by Crippen LogP contribution is 2.37. The molecule has 3 aromatic heterocycles. The molecule has 176 valence electrons. The van der Waals surface area contributed by atoms with Gasteiger partial charge in [-0.1, -0.05) is 6.07 Å². The van der Waals surface area contributed by atoms with E-state index in [1.54, 1.807) is 18.2 Å². The fourth-order valence-electron chi connectivity index (χ4n) is 3.19. The molecule has 4 aromatic rings. The summed E-state index contributed by atoms with van der Waals surface area (Å²) in [6, 6.07) is 6.33. The number of amides is 1. The summed E-state index contributed by atoms with van der Waals surface area (Å²) in [6.07, 6.45) is -3.13. The third kappa shape index (κ3) is 5.11. The smallest absolute Gasteiger partial charge is 0.416 e. The number of furan rings is 1. The van der Waals surface area contributed by atoms with Gasteiger partial charge in [0.05, 0.1) is 41.4 Å². The Morgan fingerprint density at radius 1 is 1.00 bits per heavy atom. The van der Waals surface area contributed by atoms with Crippen molar-refractivity contribution in [3.8, 4) is 11.3 Å². The molecule has 0 atom stereocenters. The normalized spacial score (nSPS) is 12.1. The van der Waals surface area contributed by atoms with Crippen LogP contribution in [0.3, 0.4) is 0 Å². The number of anilines is 1. The Kier molecular flexibility index (Phi) is 5.90. The van der Waals surface area contributed by atoms with Crippen LogP contribution in [-0.4, -0.2) is 20.7 Å². The lowest BCUT2D eigenvalue weighted by Gasteiger charge is -2.16. The number of nitrogens with one attached hydrogen (secondary N) is 1. The number of benzene rings is 1. The van der Waals surface area contributed by atoms with Crippen molar-refractivity contribution >= 4 is 11.6 Å². The maximum atomic E-state index is 13.4.